The summed E-state index contributed by atoms with van der Waals surface area (Å²) in [5, 5.41) is 2.12. The predicted octanol–water partition coefficient (Wildman–Crippen LogP) is 5.48. The number of rotatable bonds is 4. The van der Waals surface area contributed by atoms with E-state index < -0.39 is 0 Å². The molecular weight excluding hydrogens is 268 g/mol. The summed E-state index contributed by atoms with van der Waals surface area (Å²) in [4.78, 5) is 1.38. The molecule has 0 spiro atoms. The normalized spacial score (nSPS) is 17.1. The molecule has 114 valence electrons. The second kappa shape index (κ2) is 5.59. The highest BCUT2D eigenvalue weighted by Gasteiger charge is 2.37. The van der Waals surface area contributed by atoms with Crippen molar-refractivity contribution in [3.8, 4) is 11.5 Å². The third kappa shape index (κ3) is 3.30. The zero-order valence-corrected chi connectivity index (χ0v) is 14.5. The molecule has 0 radical (unpaired) electrons. The molecule has 0 aromatic carbocycles. The van der Waals surface area contributed by atoms with E-state index in [2.05, 4.69) is 46.9 Å². The van der Waals surface area contributed by atoms with E-state index >= 15 is 0 Å². The van der Waals surface area contributed by atoms with Gasteiger partial charge in [-0.1, -0.05) is 48.0 Å². The molecule has 0 N–H and O–H groups in total. The van der Waals surface area contributed by atoms with Gasteiger partial charge in [0.1, 0.15) is 13.2 Å². The molecule has 0 saturated carbocycles. The number of hydrogen-bond acceptors (Lipinski definition) is 3. The van der Waals surface area contributed by atoms with E-state index in [9.17, 15) is 0 Å². The molecule has 1 atom stereocenters. The van der Waals surface area contributed by atoms with Crippen LogP contribution in [0.1, 0.15) is 65.2 Å². The van der Waals surface area contributed by atoms with Gasteiger partial charge in [0, 0.05) is 11.3 Å². The van der Waals surface area contributed by atoms with Crippen LogP contribution in [-0.4, -0.2) is 13.2 Å². The molecule has 0 amide bonds. The smallest absolute Gasteiger partial charge is 0.175 e. The quantitative estimate of drug-likeness (QED) is 0.733. The Morgan fingerprint density at radius 3 is 2.40 bits per heavy atom. The minimum atomic E-state index is 0.271. The summed E-state index contributed by atoms with van der Waals surface area (Å²) >= 11 is 1.81. The van der Waals surface area contributed by atoms with Gasteiger partial charge in [0.2, 0.25) is 0 Å². The second-order valence-corrected chi connectivity index (χ2v) is 8.56. The molecule has 1 aliphatic rings. The van der Waals surface area contributed by atoms with E-state index in [4.69, 9.17) is 9.47 Å². The van der Waals surface area contributed by atoms with Crippen LogP contribution >= 0.6 is 11.3 Å². The largest absolute Gasteiger partial charge is 0.485 e. The van der Waals surface area contributed by atoms with Crippen molar-refractivity contribution < 1.29 is 9.47 Å². The summed E-state index contributed by atoms with van der Waals surface area (Å²) in [6.45, 7) is 15.3. The third-order valence-electron chi connectivity index (χ3n) is 4.32. The summed E-state index contributed by atoms with van der Waals surface area (Å²) in [6.07, 6.45) is 2.34. The van der Waals surface area contributed by atoms with Crippen LogP contribution < -0.4 is 9.47 Å². The van der Waals surface area contributed by atoms with E-state index in [-0.39, 0.29) is 5.41 Å². The zero-order chi connectivity index (χ0) is 15.0. The van der Waals surface area contributed by atoms with Crippen molar-refractivity contribution in [2.24, 2.45) is 10.8 Å². The molecule has 3 heteroatoms. The Morgan fingerprint density at radius 2 is 1.80 bits per heavy atom. The molecule has 2 rings (SSSR count). The van der Waals surface area contributed by atoms with Crippen LogP contribution in [0.2, 0.25) is 0 Å². The predicted molar refractivity (Wildman–Crippen MR) is 86.2 cm³/mol. The van der Waals surface area contributed by atoms with E-state index in [1.165, 1.54) is 17.7 Å². The lowest BCUT2D eigenvalue weighted by Gasteiger charge is -2.37. The molecule has 2 nitrogen and oxygen atoms in total. The first-order chi connectivity index (χ1) is 9.24. The van der Waals surface area contributed by atoms with Crippen LogP contribution in [0.4, 0.5) is 0 Å². The Hall–Kier alpha value is -0.700. The summed E-state index contributed by atoms with van der Waals surface area (Å²) in [5.41, 5.74) is 0.580. The van der Waals surface area contributed by atoms with E-state index in [0.29, 0.717) is 24.5 Å². The zero-order valence-electron chi connectivity index (χ0n) is 13.7. The number of fused-ring (bicyclic) bond motifs is 1. The summed E-state index contributed by atoms with van der Waals surface area (Å²) in [7, 11) is 0. The Balaban J connectivity index is 2.38. The summed E-state index contributed by atoms with van der Waals surface area (Å²) < 4.78 is 11.6. The summed E-state index contributed by atoms with van der Waals surface area (Å²) in [5.74, 6) is 2.47. The monoisotopic (exact) mass is 296 g/mol. The number of hydrogen-bond donors (Lipinski definition) is 0. The molecule has 0 bridgehead atoms. The van der Waals surface area contributed by atoms with Crippen molar-refractivity contribution >= 4 is 11.3 Å². The average molecular weight is 296 g/mol. The first kappa shape index (κ1) is 15.7. The second-order valence-electron chi connectivity index (χ2n) is 7.65. The lowest BCUT2D eigenvalue weighted by atomic mass is 9.69. The van der Waals surface area contributed by atoms with Gasteiger partial charge >= 0.3 is 0 Å². The topological polar surface area (TPSA) is 18.5 Å². The van der Waals surface area contributed by atoms with E-state index in [1.807, 2.05) is 0 Å². The average Bonchev–Trinajstić information content (AvgIpc) is 2.78. The van der Waals surface area contributed by atoms with Gasteiger partial charge in [-0.15, -0.1) is 11.3 Å². The van der Waals surface area contributed by atoms with Gasteiger partial charge in [-0.3, -0.25) is 0 Å². The highest BCUT2D eigenvalue weighted by Crippen LogP contribution is 2.53. The van der Waals surface area contributed by atoms with Gasteiger partial charge in [-0.25, -0.2) is 0 Å². The minimum Gasteiger partial charge on any atom is -0.485 e. The van der Waals surface area contributed by atoms with Crippen LogP contribution in [-0.2, 0) is 0 Å². The minimum absolute atomic E-state index is 0.271. The van der Waals surface area contributed by atoms with Gasteiger partial charge < -0.3 is 9.47 Å². The lowest BCUT2D eigenvalue weighted by molar-refractivity contribution is 0.162. The van der Waals surface area contributed by atoms with Crippen LogP contribution in [0.3, 0.4) is 0 Å². The Bertz CT molecular complexity index is 454. The first-order valence-electron chi connectivity index (χ1n) is 7.61. The molecule has 20 heavy (non-hydrogen) atoms. The van der Waals surface area contributed by atoms with Crippen molar-refractivity contribution in [2.75, 3.05) is 13.2 Å². The molecule has 1 aromatic heterocycles. The SMILES string of the molecule is CCC(C)(C)C(CC(C)(C)C)c1scc2c1OCCO2. The Kier molecular flexibility index (Phi) is 4.38. The van der Waals surface area contributed by atoms with E-state index in [1.54, 1.807) is 11.3 Å². The van der Waals surface area contributed by atoms with Gasteiger partial charge in [-0.2, -0.15) is 0 Å². The van der Waals surface area contributed by atoms with Gasteiger partial charge in [-0.05, 0) is 17.3 Å². The molecule has 1 aliphatic heterocycles. The molecule has 0 saturated heterocycles. The van der Waals surface area contributed by atoms with Crippen LogP contribution in [0, 0.1) is 10.8 Å². The fourth-order valence-electron chi connectivity index (χ4n) is 2.71. The highest BCUT2D eigenvalue weighted by atomic mass is 32.1. The van der Waals surface area contributed by atoms with Crippen LogP contribution in [0.5, 0.6) is 11.5 Å². The fourth-order valence-corrected chi connectivity index (χ4v) is 3.95. The molecule has 1 unspecified atom stereocenters. The Labute approximate surface area is 127 Å². The molecule has 0 aliphatic carbocycles. The first-order valence-corrected chi connectivity index (χ1v) is 8.49. The molecule has 2 heterocycles. The Morgan fingerprint density at radius 1 is 1.15 bits per heavy atom. The van der Waals surface area contributed by atoms with Crippen molar-refractivity contribution in [1.29, 1.82) is 0 Å². The lowest BCUT2D eigenvalue weighted by Crippen LogP contribution is -2.26. The van der Waals surface area contributed by atoms with Crippen LogP contribution in [0.25, 0.3) is 0 Å². The van der Waals surface area contributed by atoms with Gasteiger partial charge in [0.15, 0.2) is 11.5 Å². The maximum absolute atomic E-state index is 5.92. The summed E-state index contributed by atoms with van der Waals surface area (Å²) in [6, 6.07) is 0. The van der Waals surface area contributed by atoms with Crippen molar-refractivity contribution in [1.82, 2.24) is 0 Å². The third-order valence-corrected chi connectivity index (χ3v) is 5.37. The standard InChI is InChI=1S/C17H28O2S/c1-7-17(5,6)12(10-16(2,3)4)15-14-13(11-20-15)18-8-9-19-14/h11-12H,7-10H2,1-6H3. The van der Waals surface area contributed by atoms with Crippen molar-refractivity contribution in [3.63, 3.8) is 0 Å². The highest BCUT2D eigenvalue weighted by molar-refractivity contribution is 7.10. The van der Waals surface area contributed by atoms with Gasteiger partial charge in [0.05, 0.1) is 4.88 Å². The number of ether oxygens (including phenoxy) is 2. The molecule has 0 fully saturated rings. The van der Waals surface area contributed by atoms with Gasteiger partial charge in [0.25, 0.3) is 0 Å². The van der Waals surface area contributed by atoms with Crippen LogP contribution in [0.15, 0.2) is 5.38 Å². The van der Waals surface area contributed by atoms with E-state index in [0.717, 1.165) is 11.5 Å². The van der Waals surface area contributed by atoms with Crippen molar-refractivity contribution in [3.05, 3.63) is 10.3 Å². The maximum atomic E-state index is 5.92. The molecular formula is C17H28O2S. The number of thiophene rings is 1. The maximum Gasteiger partial charge on any atom is 0.175 e. The molecule has 1 aromatic rings. The fraction of sp³-hybridized carbons (Fsp3) is 0.765. The van der Waals surface area contributed by atoms with Crippen molar-refractivity contribution in [2.45, 2.75) is 60.3 Å².